The minimum absolute atomic E-state index is 0.233. The molecule has 1 radical (unpaired) electrons. The maximum absolute atomic E-state index is 5.80. The SMILES string of the molecule is CCCO[Si](OCC)C(CC)/N=C(\C)CC. The van der Waals surface area contributed by atoms with E-state index in [0.29, 0.717) is 0 Å². The number of hydrogen-bond acceptors (Lipinski definition) is 3. The molecule has 0 aliphatic heterocycles. The first-order valence-electron chi connectivity index (χ1n) is 6.35. The van der Waals surface area contributed by atoms with Crippen molar-refractivity contribution in [2.75, 3.05) is 13.2 Å². The third-order valence-electron chi connectivity index (χ3n) is 2.28. The van der Waals surface area contributed by atoms with Crippen molar-refractivity contribution in [1.29, 1.82) is 0 Å². The summed E-state index contributed by atoms with van der Waals surface area (Å²) in [5, 5.41) is 0. The highest BCUT2D eigenvalue weighted by atomic mass is 28.3. The van der Waals surface area contributed by atoms with Crippen LogP contribution in [0.2, 0.25) is 0 Å². The molecule has 0 bridgehead atoms. The molecule has 0 aromatic carbocycles. The van der Waals surface area contributed by atoms with Crippen molar-refractivity contribution in [1.82, 2.24) is 0 Å². The standard InChI is InChI=1S/C12H26NO2Si/c1-6-10-15-16(14-9-4)12(8-3)13-11(5)7-2/h12H,6-10H2,1-5H3/b13-11+. The van der Waals surface area contributed by atoms with Crippen LogP contribution in [0.5, 0.6) is 0 Å². The summed E-state index contributed by atoms with van der Waals surface area (Å²) in [5.74, 6) is 0. The van der Waals surface area contributed by atoms with E-state index in [1.807, 2.05) is 6.92 Å². The number of aliphatic imine (C=N–C) groups is 1. The van der Waals surface area contributed by atoms with Gasteiger partial charge in [0.2, 0.25) is 0 Å². The summed E-state index contributed by atoms with van der Waals surface area (Å²) in [5.41, 5.74) is 1.42. The van der Waals surface area contributed by atoms with Crippen LogP contribution in [0.4, 0.5) is 0 Å². The van der Waals surface area contributed by atoms with Crippen LogP contribution in [0.15, 0.2) is 4.99 Å². The highest BCUT2D eigenvalue weighted by molar-refractivity contribution is 6.46. The Balaban J connectivity index is 4.43. The predicted octanol–water partition coefficient (Wildman–Crippen LogP) is 3.13. The lowest BCUT2D eigenvalue weighted by molar-refractivity contribution is 0.196. The van der Waals surface area contributed by atoms with E-state index in [9.17, 15) is 0 Å². The van der Waals surface area contributed by atoms with Crippen molar-refractivity contribution >= 4 is 15.0 Å². The van der Waals surface area contributed by atoms with E-state index in [1.165, 1.54) is 5.71 Å². The van der Waals surface area contributed by atoms with E-state index in [2.05, 4.69) is 27.7 Å². The van der Waals surface area contributed by atoms with Crippen molar-refractivity contribution in [2.24, 2.45) is 4.99 Å². The fourth-order valence-electron chi connectivity index (χ4n) is 1.25. The Kier molecular flexibility index (Phi) is 9.87. The summed E-state index contributed by atoms with van der Waals surface area (Å²) < 4.78 is 11.5. The van der Waals surface area contributed by atoms with Gasteiger partial charge in [-0.3, -0.25) is 4.99 Å². The summed E-state index contributed by atoms with van der Waals surface area (Å²) in [6.07, 6.45) is 3.04. The maximum atomic E-state index is 5.80. The van der Waals surface area contributed by atoms with Crippen LogP contribution >= 0.6 is 0 Å². The van der Waals surface area contributed by atoms with E-state index in [-0.39, 0.29) is 5.67 Å². The predicted molar refractivity (Wildman–Crippen MR) is 71.1 cm³/mol. The lowest BCUT2D eigenvalue weighted by atomic mass is 10.3. The second-order valence-corrected chi connectivity index (χ2v) is 5.62. The molecule has 0 saturated carbocycles. The average molecular weight is 244 g/mol. The highest BCUT2D eigenvalue weighted by Gasteiger charge is 2.26. The molecule has 4 heteroatoms. The maximum Gasteiger partial charge on any atom is 0.411 e. The van der Waals surface area contributed by atoms with Gasteiger partial charge in [0.05, 0.1) is 5.67 Å². The molecule has 3 nitrogen and oxygen atoms in total. The third-order valence-corrected chi connectivity index (χ3v) is 4.43. The molecule has 0 aliphatic carbocycles. The molecule has 0 aromatic rings. The molecular formula is C12H26NO2Si. The largest absolute Gasteiger partial charge is 0.411 e. The molecule has 0 spiro atoms. The Morgan fingerprint density at radius 1 is 1.19 bits per heavy atom. The molecule has 95 valence electrons. The van der Waals surface area contributed by atoms with Crippen molar-refractivity contribution < 1.29 is 8.85 Å². The van der Waals surface area contributed by atoms with Crippen LogP contribution in [0.1, 0.15) is 53.9 Å². The lowest BCUT2D eigenvalue weighted by Crippen LogP contribution is -2.36. The van der Waals surface area contributed by atoms with E-state index < -0.39 is 9.28 Å². The van der Waals surface area contributed by atoms with Crippen molar-refractivity contribution in [3.63, 3.8) is 0 Å². The van der Waals surface area contributed by atoms with Crippen LogP contribution in [0, 0.1) is 0 Å². The first kappa shape index (κ1) is 15.8. The van der Waals surface area contributed by atoms with Crippen LogP contribution < -0.4 is 0 Å². The third kappa shape index (κ3) is 6.40. The summed E-state index contributed by atoms with van der Waals surface area (Å²) >= 11 is 0. The van der Waals surface area contributed by atoms with Crippen LogP contribution in [-0.2, 0) is 8.85 Å². The van der Waals surface area contributed by atoms with E-state index in [4.69, 9.17) is 13.8 Å². The topological polar surface area (TPSA) is 30.8 Å². The Bertz CT molecular complexity index is 197. The smallest absolute Gasteiger partial charge is 0.392 e. The molecular weight excluding hydrogens is 218 g/mol. The van der Waals surface area contributed by atoms with Gasteiger partial charge in [0.25, 0.3) is 0 Å². The van der Waals surface area contributed by atoms with Crippen molar-refractivity contribution in [3.8, 4) is 0 Å². The van der Waals surface area contributed by atoms with E-state index in [0.717, 1.165) is 32.5 Å². The molecule has 0 N–H and O–H groups in total. The Hall–Kier alpha value is -0.193. The Morgan fingerprint density at radius 3 is 2.31 bits per heavy atom. The highest BCUT2D eigenvalue weighted by Crippen LogP contribution is 2.08. The fraction of sp³-hybridized carbons (Fsp3) is 0.917. The molecule has 0 fully saturated rings. The number of rotatable bonds is 9. The number of nitrogens with zero attached hydrogens (tertiary/aromatic N) is 1. The second-order valence-electron chi connectivity index (χ2n) is 3.74. The molecule has 1 atom stereocenters. The van der Waals surface area contributed by atoms with Gasteiger partial charge in [-0.2, -0.15) is 0 Å². The monoisotopic (exact) mass is 244 g/mol. The van der Waals surface area contributed by atoms with Crippen LogP contribution in [0.3, 0.4) is 0 Å². The summed E-state index contributed by atoms with van der Waals surface area (Å²) in [7, 11) is -1.24. The first-order valence-corrected chi connectivity index (χ1v) is 7.74. The molecule has 0 aliphatic rings. The molecule has 0 amide bonds. The van der Waals surface area contributed by atoms with E-state index in [1.54, 1.807) is 0 Å². The van der Waals surface area contributed by atoms with Crippen molar-refractivity contribution in [2.45, 2.75) is 59.5 Å². The van der Waals surface area contributed by atoms with Crippen LogP contribution in [0.25, 0.3) is 0 Å². The number of hydrogen-bond donors (Lipinski definition) is 0. The minimum Gasteiger partial charge on any atom is -0.392 e. The van der Waals surface area contributed by atoms with Crippen LogP contribution in [-0.4, -0.2) is 33.9 Å². The molecule has 0 rings (SSSR count). The quantitative estimate of drug-likeness (QED) is 0.461. The van der Waals surface area contributed by atoms with Gasteiger partial charge in [-0.05, 0) is 33.1 Å². The second kappa shape index (κ2) is 9.99. The van der Waals surface area contributed by atoms with Gasteiger partial charge < -0.3 is 8.85 Å². The van der Waals surface area contributed by atoms with Gasteiger partial charge in [-0.25, -0.2) is 0 Å². The minimum atomic E-state index is -1.24. The Labute approximate surface area is 102 Å². The summed E-state index contributed by atoms with van der Waals surface area (Å²) in [4.78, 5) is 4.70. The van der Waals surface area contributed by atoms with Gasteiger partial charge in [-0.15, -0.1) is 0 Å². The zero-order valence-electron chi connectivity index (χ0n) is 11.4. The van der Waals surface area contributed by atoms with Gasteiger partial charge in [0.1, 0.15) is 0 Å². The van der Waals surface area contributed by atoms with E-state index >= 15 is 0 Å². The molecule has 1 unspecified atom stereocenters. The van der Waals surface area contributed by atoms with Gasteiger partial charge >= 0.3 is 9.28 Å². The lowest BCUT2D eigenvalue weighted by Gasteiger charge is -2.20. The van der Waals surface area contributed by atoms with Gasteiger partial charge in [0, 0.05) is 18.9 Å². The molecule has 16 heavy (non-hydrogen) atoms. The summed E-state index contributed by atoms with van der Waals surface area (Å²) in [6.45, 7) is 12.0. The molecule has 0 heterocycles. The zero-order valence-corrected chi connectivity index (χ0v) is 12.4. The van der Waals surface area contributed by atoms with Gasteiger partial charge in [-0.1, -0.05) is 20.8 Å². The average Bonchev–Trinajstić information content (AvgIpc) is 2.31. The molecule has 0 saturated heterocycles. The summed E-state index contributed by atoms with van der Waals surface area (Å²) in [6, 6.07) is 0. The zero-order chi connectivity index (χ0) is 12.4. The molecule has 0 aromatic heterocycles. The Morgan fingerprint density at radius 2 is 1.88 bits per heavy atom. The first-order chi connectivity index (χ1) is 7.69. The normalized spacial score (nSPS) is 14.5. The fourth-order valence-corrected chi connectivity index (χ4v) is 3.06. The van der Waals surface area contributed by atoms with Crippen molar-refractivity contribution in [3.05, 3.63) is 0 Å². The van der Waals surface area contributed by atoms with Gasteiger partial charge in [0.15, 0.2) is 0 Å².